The van der Waals surface area contributed by atoms with Gasteiger partial charge < -0.3 is 10.2 Å². The SMILES string of the molecule is Cc1c(C2CC2)nnc(N2CCCC(F)(F)CC2)c1C(=O)Nc1cccc(S(C)=O)c1. The van der Waals surface area contributed by atoms with Gasteiger partial charge in [0.15, 0.2) is 5.82 Å². The normalized spacial score (nSPS) is 19.5. The molecule has 2 fully saturated rings. The van der Waals surface area contributed by atoms with Crippen LogP contribution < -0.4 is 10.2 Å². The van der Waals surface area contributed by atoms with Crippen LogP contribution in [0.1, 0.15) is 59.6 Å². The molecule has 1 aliphatic heterocycles. The lowest BCUT2D eigenvalue weighted by Gasteiger charge is -2.25. The molecule has 4 rings (SSSR count). The van der Waals surface area contributed by atoms with Crippen LogP contribution in [0.25, 0.3) is 0 Å². The predicted octanol–water partition coefficient (Wildman–Crippen LogP) is 4.28. The number of alkyl halides is 2. The fourth-order valence-electron chi connectivity index (χ4n) is 3.98. The Hall–Kier alpha value is -2.42. The standard InChI is InChI=1S/C22H26F2N4O2S/c1-14-18(21(29)25-16-5-3-6-17(13-16)31(2)30)20(27-26-19(14)15-7-8-15)28-11-4-9-22(23,24)10-12-28/h3,5-6,13,15H,4,7-12H2,1-2H3,(H,25,29). The van der Waals surface area contributed by atoms with E-state index in [4.69, 9.17) is 0 Å². The summed E-state index contributed by atoms with van der Waals surface area (Å²) in [6.45, 7) is 2.37. The Kier molecular flexibility index (Phi) is 6.05. The van der Waals surface area contributed by atoms with Crippen LogP contribution in [0.4, 0.5) is 20.3 Å². The summed E-state index contributed by atoms with van der Waals surface area (Å²) in [7, 11) is -1.18. The van der Waals surface area contributed by atoms with Crippen molar-refractivity contribution in [3.63, 3.8) is 0 Å². The Morgan fingerprint density at radius 3 is 2.71 bits per heavy atom. The average molecular weight is 449 g/mol. The van der Waals surface area contributed by atoms with E-state index in [9.17, 15) is 17.8 Å². The Morgan fingerprint density at radius 2 is 2.00 bits per heavy atom. The van der Waals surface area contributed by atoms with E-state index in [1.165, 1.54) is 0 Å². The average Bonchev–Trinajstić information content (AvgIpc) is 3.56. The number of carbonyl (C=O) groups is 1. The van der Waals surface area contributed by atoms with Crippen molar-refractivity contribution in [2.24, 2.45) is 0 Å². The van der Waals surface area contributed by atoms with E-state index < -0.39 is 16.7 Å². The molecule has 1 atom stereocenters. The first-order chi connectivity index (χ1) is 14.7. The highest BCUT2D eigenvalue weighted by atomic mass is 32.2. The Balaban J connectivity index is 1.69. The largest absolute Gasteiger partial charge is 0.354 e. The number of hydrogen-bond donors (Lipinski definition) is 1. The first-order valence-corrected chi connectivity index (χ1v) is 12.1. The Labute approximate surface area is 182 Å². The van der Waals surface area contributed by atoms with Crippen molar-refractivity contribution < 1.29 is 17.8 Å². The molecule has 1 aromatic heterocycles. The zero-order valence-electron chi connectivity index (χ0n) is 17.7. The van der Waals surface area contributed by atoms with Gasteiger partial charge in [-0.15, -0.1) is 5.10 Å². The van der Waals surface area contributed by atoms with Crippen LogP contribution in [0.15, 0.2) is 29.2 Å². The molecule has 1 saturated heterocycles. The van der Waals surface area contributed by atoms with Gasteiger partial charge in [-0.05, 0) is 49.9 Å². The molecule has 6 nitrogen and oxygen atoms in total. The maximum absolute atomic E-state index is 13.9. The minimum Gasteiger partial charge on any atom is -0.354 e. The number of halogens is 2. The number of carbonyl (C=O) groups excluding carboxylic acids is 1. The molecule has 1 aliphatic carbocycles. The first kappa shape index (κ1) is 21.8. The second-order valence-corrected chi connectivity index (χ2v) is 9.70. The molecule has 0 radical (unpaired) electrons. The van der Waals surface area contributed by atoms with Gasteiger partial charge in [0.05, 0.1) is 11.3 Å². The lowest BCUT2D eigenvalue weighted by Crippen LogP contribution is -2.30. The predicted molar refractivity (Wildman–Crippen MR) is 116 cm³/mol. The van der Waals surface area contributed by atoms with Gasteiger partial charge in [0.1, 0.15) is 0 Å². The molecule has 1 N–H and O–H groups in total. The summed E-state index contributed by atoms with van der Waals surface area (Å²) in [6, 6.07) is 6.87. The third-order valence-electron chi connectivity index (χ3n) is 5.87. The molecular weight excluding hydrogens is 422 g/mol. The summed E-state index contributed by atoms with van der Waals surface area (Å²) in [4.78, 5) is 15.7. The van der Waals surface area contributed by atoms with Crippen molar-refractivity contribution in [2.45, 2.75) is 55.8 Å². The molecule has 1 unspecified atom stereocenters. The molecule has 1 aromatic carbocycles. The van der Waals surface area contributed by atoms with E-state index in [0.717, 1.165) is 24.1 Å². The van der Waals surface area contributed by atoms with Crippen molar-refractivity contribution in [1.82, 2.24) is 10.2 Å². The van der Waals surface area contributed by atoms with Crippen molar-refractivity contribution in [3.8, 4) is 0 Å². The number of nitrogens with zero attached hydrogens (tertiary/aromatic N) is 3. The highest BCUT2D eigenvalue weighted by molar-refractivity contribution is 7.84. The fraction of sp³-hybridized carbons (Fsp3) is 0.500. The molecule has 2 aromatic rings. The zero-order chi connectivity index (χ0) is 22.2. The molecule has 2 aliphatic rings. The summed E-state index contributed by atoms with van der Waals surface area (Å²) >= 11 is 0. The summed E-state index contributed by atoms with van der Waals surface area (Å²) in [5.41, 5.74) is 2.45. The molecule has 166 valence electrons. The minimum atomic E-state index is -2.70. The molecular formula is C22H26F2N4O2S. The van der Waals surface area contributed by atoms with Gasteiger partial charge in [0.2, 0.25) is 5.92 Å². The molecule has 31 heavy (non-hydrogen) atoms. The van der Waals surface area contributed by atoms with E-state index in [0.29, 0.717) is 40.8 Å². The van der Waals surface area contributed by atoms with Crippen molar-refractivity contribution >= 4 is 28.2 Å². The number of hydrogen-bond acceptors (Lipinski definition) is 5. The monoisotopic (exact) mass is 448 g/mol. The van der Waals surface area contributed by atoms with Gasteiger partial charge in [0, 0.05) is 59.5 Å². The van der Waals surface area contributed by atoms with Crippen LogP contribution in [0, 0.1) is 6.92 Å². The van der Waals surface area contributed by atoms with Gasteiger partial charge in [-0.25, -0.2) is 8.78 Å². The highest BCUT2D eigenvalue weighted by Gasteiger charge is 2.35. The van der Waals surface area contributed by atoms with E-state index in [1.807, 2.05) is 6.92 Å². The van der Waals surface area contributed by atoms with Gasteiger partial charge in [-0.3, -0.25) is 9.00 Å². The van der Waals surface area contributed by atoms with E-state index >= 15 is 0 Å². The third kappa shape index (κ3) is 4.92. The maximum Gasteiger partial charge on any atom is 0.259 e. The topological polar surface area (TPSA) is 75.2 Å². The summed E-state index contributed by atoms with van der Waals surface area (Å²) in [5.74, 6) is -2.41. The van der Waals surface area contributed by atoms with Crippen LogP contribution in [0.5, 0.6) is 0 Å². The molecule has 1 saturated carbocycles. The maximum atomic E-state index is 13.9. The molecule has 0 spiro atoms. The number of benzene rings is 1. The van der Waals surface area contributed by atoms with Gasteiger partial charge >= 0.3 is 0 Å². The lowest BCUT2D eigenvalue weighted by molar-refractivity contribution is -0.0102. The van der Waals surface area contributed by atoms with Gasteiger partial charge in [0.25, 0.3) is 5.91 Å². The van der Waals surface area contributed by atoms with Crippen molar-refractivity contribution in [2.75, 3.05) is 29.6 Å². The fourth-order valence-corrected chi connectivity index (χ4v) is 4.54. The van der Waals surface area contributed by atoms with E-state index in [-0.39, 0.29) is 25.3 Å². The highest BCUT2D eigenvalue weighted by Crippen LogP contribution is 2.42. The number of anilines is 2. The Morgan fingerprint density at radius 1 is 1.23 bits per heavy atom. The van der Waals surface area contributed by atoms with Crippen LogP contribution in [-0.4, -0.2) is 45.6 Å². The first-order valence-electron chi connectivity index (χ1n) is 10.5. The van der Waals surface area contributed by atoms with Crippen LogP contribution >= 0.6 is 0 Å². The van der Waals surface area contributed by atoms with Gasteiger partial charge in [-0.1, -0.05) is 6.07 Å². The number of rotatable bonds is 5. The summed E-state index contributed by atoms with van der Waals surface area (Å²) in [6.07, 6.45) is 3.48. The zero-order valence-corrected chi connectivity index (χ0v) is 18.5. The molecule has 1 amide bonds. The number of nitrogens with one attached hydrogen (secondary N) is 1. The van der Waals surface area contributed by atoms with E-state index in [2.05, 4.69) is 15.5 Å². The molecule has 2 heterocycles. The second-order valence-electron chi connectivity index (χ2n) is 8.32. The second kappa shape index (κ2) is 8.61. The third-order valence-corrected chi connectivity index (χ3v) is 6.79. The van der Waals surface area contributed by atoms with Crippen molar-refractivity contribution in [3.05, 3.63) is 41.1 Å². The minimum absolute atomic E-state index is 0.120. The molecule has 9 heteroatoms. The number of amides is 1. The molecule has 0 bridgehead atoms. The quantitative estimate of drug-likeness (QED) is 0.739. The smallest absolute Gasteiger partial charge is 0.259 e. The van der Waals surface area contributed by atoms with Crippen LogP contribution in [-0.2, 0) is 10.8 Å². The van der Waals surface area contributed by atoms with Crippen LogP contribution in [0.2, 0.25) is 0 Å². The van der Waals surface area contributed by atoms with Gasteiger partial charge in [-0.2, -0.15) is 5.10 Å². The number of aromatic nitrogens is 2. The van der Waals surface area contributed by atoms with Crippen LogP contribution in [0.3, 0.4) is 0 Å². The van der Waals surface area contributed by atoms with E-state index in [1.54, 1.807) is 35.4 Å². The summed E-state index contributed by atoms with van der Waals surface area (Å²) in [5, 5.41) is 11.6. The van der Waals surface area contributed by atoms with Crippen molar-refractivity contribution in [1.29, 1.82) is 0 Å². The summed E-state index contributed by atoms with van der Waals surface area (Å²) < 4.78 is 39.6. The lowest BCUT2D eigenvalue weighted by atomic mass is 10.0. The Bertz CT molecular complexity index is 1030.